The van der Waals surface area contributed by atoms with Crippen LogP contribution in [0, 0.1) is 11.8 Å². The molecular weight excluding hydrogens is 300 g/mol. The highest BCUT2D eigenvalue weighted by Crippen LogP contribution is 2.31. The van der Waals surface area contributed by atoms with E-state index in [1.54, 1.807) is 4.90 Å². The molecule has 132 valence electrons. The summed E-state index contributed by atoms with van der Waals surface area (Å²) in [4.78, 5) is 16.6. The van der Waals surface area contributed by atoms with Gasteiger partial charge >= 0.3 is 0 Å². The van der Waals surface area contributed by atoms with E-state index in [4.69, 9.17) is 4.74 Å². The van der Waals surface area contributed by atoms with Gasteiger partial charge in [-0.3, -0.25) is 4.79 Å². The van der Waals surface area contributed by atoms with Gasteiger partial charge in [0.25, 0.3) is 0 Å². The Bertz CT molecular complexity index is 506. The number of benzene rings is 1. The van der Waals surface area contributed by atoms with E-state index < -0.39 is 0 Å². The van der Waals surface area contributed by atoms with E-state index in [9.17, 15) is 4.79 Å². The van der Waals surface area contributed by atoms with Crippen LogP contribution in [0.5, 0.6) is 0 Å². The van der Waals surface area contributed by atoms with Crippen molar-refractivity contribution in [2.45, 2.75) is 32.1 Å². The predicted molar refractivity (Wildman–Crippen MR) is 97.2 cm³/mol. The van der Waals surface area contributed by atoms with Crippen molar-refractivity contribution in [3.8, 4) is 0 Å². The number of carbonyl (C=O) groups is 1. The van der Waals surface area contributed by atoms with Crippen molar-refractivity contribution < 1.29 is 9.53 Å². The molecule has 4 nitrogen and oxygen atoms in total. The van der Waals surface area contributed by atoms with Crippen LogP contribution in [-0.4, -0.2) is 50.7 Å². The monoisotopic (exact) mass is 330 g/mol. The predicted octanol–water partition coefficient (Wildman–Crippen LogP) is 3.18. The molecule has 2 aliphatic heterocycles. The molecule has 1 amide bonds. The third-order valence-electron chi connectivity index (χ3n) is 5.72. The Labute approximate surface area is 145 Å². The molecule has 2 saturated heterocycles. The molecule has 0 saturated carbocycles. The minimum Gasteiger partial charge on any atom is -0.381 e. The second kappa shape index (κ2) is 8.63. The van der Waals surface area contributed by atoms with Crippen molar-refractivity contribution in [2.75, 3.05) is 44.8 Å². The second-order valence-corrected chi connectivity index (χ2v) is 7.17. The summed E-state index contributed by atoms with van der Waals surface area (Å²) in [6, 6.07) is 9.89. The van der Waals surface area contributed by atoms with Crippen molar-refractivity contribution in [2.24, 2.45) is 11.8 Å². The lowest BCUT2D eigenvalue weighted by molar-refractivity contribution is -0.118. The van der Waals surface area contributed by atoms with E-state index in [1.165, 1.54) is 25.7 Å². The topological polar surface area (TPSA) is 32.8 Å². The lowest BCUT2D eigenvalue weighted by atomic mass is 9.80. The van der Waals surface area contributed by atoms with E-state index in [1.807, 2.05) is 37.4 Å². The van der Waals surface area contributed by atoms with Crippen LogP contribution in [0.1, 0.15) is 32.1 Å². The third-order valence-corrected chi connectivity index (χ3v) is 5.72. The minimum absolute atomic E-state index is 0.202. The van der Waals surface area contributed by atoms with Gasteiger partial charge in [-0.1, -0.05) is 18.2 Å². The van der Waals surface area contributed by atoms with Crippen molar-refractivity contribution >= 4 is 11.6 Å². The molecule has 0 aliphatic carbocycles. The van der Waals surface area contributed by atoms with Gasteiger partial charge in [-0.15, -0.1) is 0 Å². The first-order valence-electron chi connectivity index (χ1n) is 9.36. The minimum atomic E-state index is 0.202. The molecule has 3 rings (SSSR count). The Hall–Kier alpha value is -1.39. The maximum atomic E-state index is 12.4. The Kier molecular flexibility index (Phi) is 6.27. The first-order valence-corrected chi connectivity index (χ1v) is 9.36. The number of hydrogen-bond donors (Lipinski definition) is 0. The number of likely N-dealkylation sites (tertiary alicyclic amines) is 1. The van der Waals surface area contributed by atoms with E-state index in [2.05, 4.69) is 4.90 Å². The van der Waals surface area contributed by atoms with E-state index >= 15 is 0 Å². The number of carbonyl (C=O) groups excluding carboxylic acids is 1. The third kappa shape index (κ3) is 4.58. The van der Waals surface area contributed by atoms with Gasteiger partial charge in [0.15, 0.2) is 0 Å². The summed E-state index contributed by atoms with van der Waals surface area (Å²) in [5.74, 6) is 1.94. The van der Waals surface area contributed by atoms with Gasteiger partial charge in [0, 0.05) is 38.9 Å². The molecule has 2 aliphatic rings. The number of ether oxygens (including phenoxy) is 1. The Morgan fingerprint density at radius 1 is 1.08 bits per heavy atom. The van der Waals surface area contributed by atoms with Crippen molar-refractivity contribution in [1.82, 2.24) is 4.90 Å². The molecule has 0 N–H and O–H groups in total. The maximum Gasteiger partial charge on any atom is 0.228 e. The summed E-state index contributed by atoms with van der Waals surface area (Å²) in [5.41, 5.74) is 0.973. The van der Waals surface area contributed by atoms with Crippen LogP contribution in [0.15, 0.2) is 30.3 Å². The van der Waals surface area contributed by atoms with Gasteiger partial charge in [0.2, 0.25) is 5.91 Å². The molecular formula is C20H30N2O2. The van der Waals surface area contributed by atoms with Crippen LogP contribution in [0.2, 0.25) is 0 Å². The zero-order valence-electron chi connectivity index (χ0n) is 14.8. The number of rotatable bonds is 5. The zero-order valence-corrected chi connectivity index (χ0v) is 14.8. The first kappa shape index (κ1) is 17.4. The molecule has 24 heavy (non-hydrogen) atoms. The summed E-state index contributed by atoms with van der Waals surface area (Å²) in [5, 5.41) is 0. The number of para-hydroxylation sites is 1. The van der Waals surface area contributed by atoms with Crippen LogP contribution >= 0.6 is 0 Å². The van der Waals surface area contributed by atoms with Crippen LogP contribution in [0.25, 0.3) is 0 Å². The Morgan fingerprint density at radius 3 is 2.38 bits per heavy atom. The lowest BCUT2D eigenvalue weighted by Crippen LogP contribution is -2.39. The van der Waals surface area contributed by atoms with Gasteiger partial charge in [-0.05, 0) is 62.7 Å². The van der Waals surface area contributed by atoms with Crippen LogP contribution in [0.4, 0.5) is 5.69 Å². The average Bonchev–Trinajstić information content (AvgIpc) is 2.67. The fourth-order valence-corrected chi connectivity index (χ4v) is 4.05. The highest BCUT2D eigenvalue weighted by molar-refractivity contribution is 5.92. The molecule has 0 bridgehead atoms. The van der Waals surface area contributed by atoms with Crippen molar-refractivity contribution in [3.63, 3.8) is 0 Å². The average molecular weight is 330 g/mol. The Morgan fingerprint density at radius 2 is 1.71 bits per heavy atom. The summed E-state index contributed by atoms with van der Waals surface area (Å²) < 4.78 is 5.48. The van der Waals surface area contributed by atoms with E-state index in [-0.39, 0.29) is 5.91 Å². The summed E-state index contributed by atoms with van der Waals surface area (Å²) >= 11 is 0. The molecule has 0 atom stereocenters. The normalized spacial score (nSPS) is 20.9. The van der Waals surface area contributed by atoms with Crippen LogP contribution in [-0.2, 0) is 9.53 Å². The molecule has 1 aromatic carbocycles. The summed E-state index contributed by atoms with van der Waals surface area (Å²) in [6.07, 6.45) is 5.66. The van der Waals surface area contributed by atoms with Crippen LogP contribution in [0.3, 0.4) is 0 Å². The molecule has 0 unspecified atom stereocenters. The van der Waals surface area contributed by atoms with Gasteiger partial charge in [-0.2, -0.15) is 0 Å². The lowest BCUT2D eigenvalue weighted by Gasteiger charge is -2.37. The number of anilines is 1. The molecule has 1 aromatic rings. The second-order valence-electron chi connectivity index (χ2n) is 7.17. The summed E-state index contributed by atoms with van der Waals surface area (Å²) in [7, 11) is 1.87. The zero-order chi connectivity index (χ0) is 16.8. The number of piperidine rings is 1. The molecule has 2 heterocycles. The molecule has 2 fully saturated rings. The standard InChI is InChI=1S/C20H30N2O2/c1-21(19-5-3-2-4-6-19)20(23)9-14-22-12-7-17(8-13-22)18-10-15-24-16-11-18/h2-6,17-18H,7-16H2,1H3. The number of amides is 1. The number of nitrogens with zero attached hydrogens (tertiary/aromatic N) is 2. The van der Waals surface area contributed by atoms with Gasteiger partial charge < -0.3 is 14.5 Å². The quantitative estimate of drug-likeness (QED) is 0.831. The molecule has 0 aromatic heterocycles. The fourth-order valence-electron chi connectivity index (χ4n) is 4.05. The van der Waals surface area contributed by atoms with Crippen LogP contribution < -0.4 is 4.90 Å². The molecule has 4 heteroatoms. The number of hydrogen-bond acceptors (Lipinski definition) is 3. The van der Waals surface area contributed by atoms with E-state index in [0.717, 1.165) is 50.4 Å². The fraction of sp³-hybridized carbons (Fsp3) is 0.650. The SMILES string of the molecule is CN(C(=O)CCN1CCC(C2CCOCC2)CC1)c1ccccc1. The summed E-state index contributed by atoms with van der Waals surface area (Å²) in [6.45, 7) is 5.07. The highest BCUT2D eigenvalue weighted by atomic mass is 16.5. The molecule has 0 radical (unpaired) electrons. The maximum absolute atomic E-state index is 12.4. The Balaban J connectivity index is 1.39. The van der Waals surface area contributed by atoms with Gasteiger partial charge in [0.1, 0.15) is 0 Å². The molecule has 0 spiro atoms. The van der Waals surface area contributed by atoms with Gasteiger partial charge in [0.05, 0.1) is 0 Å². The highest BCUT2D eigenvalue weighted by Gasteiger charge is 2.28. The first-order chi connectivity index (χ1) is 11.7. The van der Waals surface area contributed by atoms with Crippen molar-refractivity contribution in [3.05, 3.63) is 30.3 Å². The largest absolute Gasteiger partial charge is 0.381 e. The van der Waals surface area contributed by atoms with Crippen molar-refractivity contribution in [1.29, 1.82) is 0 Å². The smallest absolute Gasteiger partial charge is 0.228 e. The van der Waals surface area contributed by atoms with Gasteiger partial charge in [-0.25, -0.2) is 0 Å². The van der Waals surface area contributed by atoms with E-state index in [0.29, 0.717) is 6.42 Å².